The van der Waals surface area contributed by atoms with Crippen LogP contribution < -0.4 is 0 Å². The van der Waals surface area contributed by atoms with E-state index in [1.54, 1.807) is 0 Å². The molecule has 0 aromatic heterocycles. The highest BCUT2D eigenvalue weighted by Gasteiger charge is 2.53. The zero-order valence-corrected chi connectivity index (χ0v) is 12.7. The topological polar surface area (TPSA) is 27.0 Å². The Bertz CT molecular complexity index is 507. The van der Waals surface area contributed by atoms with Gasteiger partial charge in [0.1, 0.15) is 0 Å². The van der Waals surface area contributed by atoms with Gasteiger partial charge in [-0.1, -0.05) is 30.3 Å². The first-order valence-corrected chi connectivity index (χ1v) is 8.43. The molecule has 0 radical (unpaired) electrons. The number of nitriles is 1. The molecule has 0 amide bonds. The van der Waals surface area contributed by atoms with Crippen molar-refractivity contribution in [2.24, 2.45) is 17.8 Å². The van der Waals surface area contributed by atoms with E-state index in [4.69, 9.17) is 0 Å². The van der Waals surface area contributed by atoms with Crippen molar-refractivity contribution in [3.63, 3.8) is 0 Å². The smallest absolute Gasteiger partial charge is 0.0873 e. The highest BCUT2D eigenvalue weighted by Crippen LogP contribution is 2.57. The molecule has 1 aromatic rings. The van der Waals surface area contributed by atoms with Crippen LogP contribution in [-0.4, -0.2) is 17.0 Å². The predicted octanol–water partition coefficient (Wildman–Crippen LogP) is 3.98. The Morgan fingerprint density at radius 3 is 2.10 bits per heavy atom. The van der Waals surface area contributed by atoms with E-state index in [1.807, 2.05) is 0 Å². The molecular weight excluding hydrogens is 256 g/mol. The Hall–Kier alpha value is -1.33. The zero-order chi connectivity index (χ0) is 14.3. The first kappa shape index (κ1) is 13.3. The monoisotopic (exact) mass is 280 g/mol. The lowest BCUT2D eigenvalue weighted by Crippen LogP contribution is -2.59. The molecule has 0 spiro atoms. The number of rotatable bonds is 4. The van der Waals surface area contributed by atoms with Gasteiger partial charge < -0.3 is 0 Å². The molecule has 4 aliphatic carbocycles. The average Bonchev–Trinajstić information content (AvgIpc) is 2.46. The molecule has 4 saturated carbocycles. The Morgan fingerprint density at radius 2 is 1.57 bits per heavy atom. The van der Waals surface area contributed by atoms with Crippen LogP contribution in [0.25, 0.3) is 0 Å². The summed E-state index contributed by atoms with van der Waals surface area (Å²) in [6.07, 6.45) is 8.41. The van der Waals surface area contributed by atoms with Gasteiger partial charge in [-0.15, -0.1) is 0 Å². The Labute approximate surface area is 127 Å². The van der Waals surface area contributed by atoms with Gasteiger partial charge in [0.15, 0.2) is 0 Å². The minimum atomic E-state index is 0.334. The van der Waals surface area contributed by atoms with E-state index in [9.17, 15) is 5.26 Å². The van der Waals surface area contributed by atoms with Gasteiger partial charge in [0.05, 0.1) is 12.6 Å². The molecule has 0 saturated heterocycles. The summed E-state index contributed by atoms with van der Waals surface area (Å²) in [7, 11) is 0. The molecule has 5 rings (SSSR count). The first-order chi connectivity index (χ1) is 10.3. The quantitative estimate of drug-likeness (QED) is 0.780. The van der Waals surface area contributed by atoms with Gasteiger partial charge in [-0.3, -0.25) is 4.90 Å². The van der Waals surface area contributed by atoms with Crippen molar-refractivity contribution in [3.8, 4) is 6.07 Å². The maximum absolute atomic E-state index is 9.32. The van der Waals surface area contributed by atoms with Crippen molar-refractivity contribution < 1.29 is 0 Å². The Kier molecular flexibility index (Phi) is 3.27. The summed E-state index contributed by atoms with van der Waals surface area (Å²) in [6, 6.07) is 13.1. The maximum Gasteiger partial charge on any atom is 0.0873 e. The zero-order valence-electron chi connectivity index (χ0n) is 12.7. The molecule has 0 heterocycles. The van der Waals surface area contributed by atoms with Crippen LogP contribution in [0.3, 0.4) is 0 Å². The predicted molar refractivity (Wildman–Crippen MR) is 83.4 cm³/mol. The van der Waals surface area contributed by atoms with E-state index in [0.717, 1.165) is 24.3 Å². The van der Waals surface area contributed by atoms with E-state index in [1.165, 1.54) is 44.1 Å². The van der Waals surface area contributed by atoms with E-state index in [0.29, 0.717) is 12.1 Å². The van der Waals surface area contributed by atoms with Crippen LogP contribution in [0.4, 0.5) is 0 Å². The van der Waals surface area contributed by atoms with Crippen LogP contribution in [0.1, 0.15) is 44.1 Å². The molecule has 1 aromatic carbocycles. The van der Waals surface area contributed by atoms with Crippen molar-refractivity contribution in [2.45, 2.75) is 50.6 Å². The summed E-state index contributed by atoms with van der Waals surface area (Å²) < 4.78 is 0. The maximum atomic E-state index is 9.32. The molecule has 2 nitrogen and oxygen atoms in total. The second-order valence-corrected chi connectivity index (χ2v) is 7.64. The fourth-order valence-electron chi connectivity index (χ4n) is 5.73. The Balaban J connectivity index is 1.60. The average molecular weight is 280 g/mol. The minimum absolute atomic E-state index is 0.334. The molecule has 4 bridgehead atoms. The lowest BCUT2D eigenvalue weighted by Gasteiger charge is -2.60. The van der Waals surface area contributed by atoms with Gasteiger partial charge in [-0.05, 0) is 61.8 Å². The van der Waals surface area contributed by atoms with Gasteiger partial charge in [0.2, 0.25) is 0 Å². The lowest BCUT2D eigenvalue weighted by molar-refractivity contribution is -0.0875. The van der Waals surface area contributed by atoms with Crippen LogP contribution in [-0.2, 0) is 6.54 Å². The van der Waals surface area contributed by atoms with Crippen LogP contribution in [0.2, 0.25) is 0 Å². The van der Waals surface area contributed by atoms with Crippen molar-refractivity contribution in [1.82, 2.24) is 4.90 Å². The highest BCUT2D eigenvalue weighted by atomic mass is 15.2. The number of nitrogens with zero attached hydrogens (tertiary/aromatic N) is 2. The van der Waals surface area contributed by atoms with Crippen LogP contribution in [0, 0.1) is 29.1 Å². The third-order valence-electron chi connectivity index (χ3n) is 6.15. The standard InChI is InChI=1S/C19H24N2/c20-6-7-21(14-15-4-2-1-3-5-15)19-11-16-8-17(12-19)10-18(9-16)13-19/h1-5,16-18H,7-14H2. The molecule has 4 aliphatic rings. The van der Waals surface area contributed by atoms with Crippen LogP contribution in [0.5, 0.6) is 0 Å². The van der Waals surface area contributed by atoms with Gasteiger partial charge in [-0.25, -0.2) is 0 Å². The fourth-order valence-corrected chi connectivity index (χ4v) is 5.73. The third kappa shape index (κ3) is 2.38. The van der Waals surface area contributed by atoms with Crippen molar-refractivity contribution in [3.05, 3.63) is 35.9 Å². The van der Waals surface area contributed by atoms with Gasteiger partial charge in [-0.2, -0.15) is 5.26 Å². The summed E-state index contributed by atoms with van der Waals surface area (Å²) in [4.78, 5) is 2.52. The SMILES string of the molecule is N#CCN(Cc1ccccc1)C12CC3CC(CC(C3)C1)C2. The molecule has 0 unspecified atom stereocenters. The van der Waals surface area contributed by atoms with Gasteiger partial charge in [0.25, 0.3) is 0 Å². The van der Waals surface area contributed by atoms with Gasteiger partial charge >= 0.3 is 0 Å². The number of hydrogen-bond acceptors (Lipinski definition) is 2. The van der Waals surface area contributed by atoms with E-state index in [2.05, 4.69) is 41.3 Å². The number of hydrogen-bond donors (Lipinski definition) is 0. The van der Waals surface area contributed by atoms with Crippen molar-refractivity contribution in [1.29, 1.82) is 5.26 Å². The van der Waals surface area contributed by atoms with Crippen LogP contribution >= 0.6 is 0 Å². The summed E-state index contributed by atoms with van der Waals surface area (Å²) in [6.45, 7) is 1.53. The molecule has 21 heavy (non-hydrogen) atoms. The van der Waals surface area contributed by atoms with E-state index >= 15 is 0 Å². The van der Waals surface area contributed by atoms with Crippen molar-refractivity contribution >= 4 is 0 Å². The normalized spacial score (nSPS) is 36.9. The summed E-state index contributed by atoms with van der Waals surface area (Å²) >= 11 is 0. The number of benzene rings is 1. The molecular formula is C19H24N2. The second kappa shape index (κ2) is 5.14. The molecule has 0 atom stereocenters. The van der Waals surface area contributed by atoms with E-state index in [-0.39, 0.29) is 0 Å². The molecule has 2 heteroatoms. The first-order valence-electron chi connectivity index (χ1n) is 8.43. The lowest BCUT2D eigenvalue weighted by atomic mass is 9.52. The largest absolute Gasteiger partial charge is 0.280 e. The third-order valence-corrected chi connectivity index (χ3v) is 6.15. The molecule has 0 N–H and O–H groups in total. The summed E-state index contributed by atoms with van der Waals surface area (Å²) in [5.41, 5.74) is 1.68. The highest BCUT2D eigenvalue weighted by molar-refractivity contribution is 5.17. The summed E-state index contributed by atoms with van der Waals surface area (Å²) in [5, 5.41) is 9.32. The minimum Gasteiger partial charge on any atom is -0.280 e. The second-order valence-electron chi connectivity index (χ2n) is 7.64. The Morgan fingerprint density at radius 1 is 1.00 bits per heavy atom. The van der Waals surface area contributed by atoms with Crippen molar-refractivity contribution in [2.75, 3.05) is 6.54 Å². The molecule has 4 fully saturated rings. The molecule has 0 aliphatic heterocycles. The van der Waals surface area contributed by atoms with Crippen LogP contribution in [0.15, 0.2) is 30.3 Å². The summed E-state index contributed by atoms with van der Waals surface area (Å²) in [5.74, 6) is 2.81. The fraction of sp³-hybridized carbons (Fsp3) is 0.632. The molecule has 110 valence electrons. The van der Waals surface area contributed by atoms with Gasteiger partial charge in [0, 0.05) is 12.1 Å². The van der Waals surface area contributed by atoms with E-state index < -0.39 is 0 Å².